The summed E-state index contributed by atoms with van der Waals surface area (Å²) in [7, 11) is 1.49. The second-order valence-corrected chi connectivity index (χ2v) is 4.27. The summed E-state index contributed by atoms with van der Waals surface area (Å²) in [6, 6.07) is 14.1. The van der Waals surface area contributed by atoms with Gasteiger partial charge in [-0.1, -0.05) is 30.3 Å². The normalized spacial score (nSPS) is 10.1. The van der Waals surface area contributed by atoms with Gasteiger partial charge in [0.1, 0.15) is 0 Å². The van der Waals surface area contributed by atoms with E-state index in [1.165, 1.54) is 19.2 Å². The van der Waals surface area contributed by atoms with Gasteiger partial charge in [-0.3, -0.25) is 0 Å². The van der Waals surface area contributed by atoms with E-state index in [1.807, 2.05) is 30.3 Å². The van der Waals surface area contributed by atoms with Crippen LogP contribution in [0.15, 0.2) is 48.5 Å². The zero-order valence-electron chi connectivity index (χ0n) is 11.6. The number of benzene rings is 2. The summed E-state index contributed by atoms with van der Waals surface area (Å²) in [4.78, 5) is 10.9. The van der Waals surface area contributed by atoms with Gasteiger partial charge in [-0.15, -0.1) is 0 Å². The lowest BCUT2D eigenvalue weighted by Gasteiger charge is -2.11. The lowest BCUT2D eigenvalue weighted by molar-refractivity contribution is 0.00367. The number of hydrogen-bond donors (Lipinski definition) is 1. The molecule has 110 valence electrons. The molecule has 0 spiro atoms. The summed E-state index contributed by atoms with van der Waals surface area (Å²) in [6.07, 6.45) is 0. The average molecular weight is 288 g/mol. The highest BCUT2D eigenvalue weighted by Crippen LogP contribution is 2.28. The molecule has 2 aromatic carbocycles. The van der Waals surface area contributed by atoms with Crippen molar-refractivity contribution in [2.75, 3.05) is 13.9 Å². The summed E-state index contributed by atoms with van der Waals surface area (Å²) in [5, 5.41) is 8.97. The van der Waals surface area contributed by atoms with Gasteiger partial charge in [0, 0.05) is 0 Å². The Kier molecular flexibility index (Phi) is 5.17. The van der Waals surface area contributed by atoms with Crippen molar-refractivity contribution < 1.29 is 24.1 Å². The molecule has 0 bridgehead atoms. The zero-order chi connectivity index (χ0) is 15.1. The molecule has 21 heavy (non-hydrogen) atoms. The van der Waals surface area contributed by atoms with Crippen molar-refractivity contribution in [1.29, 1.82) is 0 Å². The monoisotopic (exact) mass is 288 g/mol. The molecule has 0 aliphatic heterocycles. The van der Waals surface area contributed by atoms with Crippen molar-refractivity contribution in [2.24, 2.45) is 0 Å². The van der Waals surface area contributed by atoms with E-state index < -0.39 is 5.97 Å². The minimum atomic E-state index is -1.02. The molecule has 0 unspecified atom stereocenters. The van der Waals surface area contributed by atoms with E-state index in [9.17, 15) is 4.79 Å². The van der Waals surface area contributed by atoms with Gasteiger partial charge in [-0.2, -0.15) is 0 Å². The highest BCUT2D eigenvalue weighted by molar-refractivity contribution is 5.88. The Labute approximate surface area is 122 Å². The van der Waals surface area contributed by atoms with Crippen LogP contribution in [-0.4, -0.2) is 25.0 Å². The van der Waals surface area contributed by atoms with E-state index in [0.717, 1.165) is 5.56 Å². The topological polar surface area (TPSA) is 65.0 Å². The quantitative estimate of drug-likeness (QED) is 0.627. The van der Waals surface area contributed by atoms with Gasteiger partial charge in [0.2, 0.25) is 0 Å². The number of carboxylic acids is 1. The molecule has 0 saturated heterocycles. The summed E-state index contributed by atoms with van der Waals surface area (Å²) in [6.45, 7) is 0.427. The van der Waals surface area contributed by atoms with Crippen LogP contribution in [0.1, 0.15) is 15.9 Å². The first-order chi connectivity index (χ1) is 10.2. The Morgan fingerprint density at radius 3 is 2.52 bits per heavy atom. The first-order valence-corrected chi connectivity index (χ1v) is 6.36. The minimum absolute atomic E-state index is 0.00826. The van der Waals surface area contributed by atoms with Crippen LogP contribution >= 0.6 is 0 Å². The van der Waals surface area contributed by atoms with Crippen molar-refractivity contribution >= 4 is 5.97 Å². The van der Waals surface area contributed by atoms with E-state index in [0.29, 0.717) is 18.1 Å². The fourth-order valence-electron chi connectivity index (χ4n) is 1.76. The van der Waals surface area contributed by atoms with E-state index >= 15 is 0 Å². The summed E-state index contributed by atoms with van der Waals surface area (Å²) >= 11 is 0. The molecule has 1 N–H and O–H groups in total. The second kappa shape index (κ2) is 7.31. The Bertz CT molecular complexity index is 595. The Hall–Kier alpha value is -2.53. The van der Waals surface area contributed by atoms with Gasteiger partial charge in [0.15, 0.2) is 18.3 Å². The predicted molar refractivity (Wildman–Crippen MR) is 76.7 cm³/mol. The summed E-state index contributed by atoms with van der Waals surface area (Å²) < 4.78 is 16.0. The number of carbonyl (C=O) groups is 1. The Balaban J connectivity index is 1.92. The first kappa shape index (κ1) is 14.9. The Morgan fingerprint density at radius 1 is 1.10 bits per heavy atom. The van der Waals surface area contributed by atoms with Crippen LogP contribution in [-0.2, 0) is 11.3 Å². The maximum absolute atomic E-state index is 10.9. The molecule has 2 rings (SSSR count). The fourth-order valence-corrected chi connectivity index (χ4v) is 1.76. The summed E-state index contributed by atoms with van der Waals surface area (Å²) in [5.41, 5.74) is 1.17. The molecule has 5 nitrogen and oxygen atoms in total. The molecule has 0 heterocycles. The number of carboxylic acid groups (broad SMARTS) is 1. The van der Waals surface area contributed by atoms with Crippen LogP contribution in [0.2, 0.25) is 0 Å². The average Bonchev–Trinajstić information content (AvgIpc) is 2.52. The van der Waals surface area contributed by atoms with Crippen LogP contribution in [0.3, 0.4) is 0 Å². The van der Waals surface area contributed by atoms with Crippen molar-refractivity contribution in [3.05, 3.63) is 59.7 Å². The molecule has 0 radical (unpaired) electrons. The van der Waals surface area contributed by atoms with Crippen LogP contribution in [0.4, 0.5) is 0 Å². The fraction of sp³-hybridized carbons (Fsp3) is 0.188. The van der Waals surface area contributed by atoms with E-state index in [-0.39, 0.29) is 12.4 Å². The van der Waals surface area contributed by atoms with Gasteiger partial charge < -0.3 is 19.3 Å². The standard InChI is InChI=1S/C16H16O5/c1-19-14-8-7-13(16(17)18)9-15(14)21-11-20-10-12-5-3-2-4-6-12/h2-9H,10-11H2,1H3,(H,17,18). The Morgan fingerprint density at radius 2 is 1.86 bits per heavy atom. The minimum Gasteiger partial charge on any atom is -0.493 e. The van der Waals surface area contributed by atoms with Gasteiger partial charge in [0.25, 0.3) is 0 Å². The molecule has 0 aliphatic carbocycles. The van der Waals surface area contributed by atoms with Gasteiger partial charge in [-0.25, -0.2) is 4.79 Å². The van der Waals surface area contributed by atoms with E-state index in [1.54, 1.807) is 6.07 Å². The van der Waals surface area contributed by atoms with Crippen LogP contribution < -0.4 is 9.47 Å². The highest BCUT2D eigenvalue weighted by Gasteiger charge is 2.10. The van der Waals surface area contributed by atoms with Gasteiger partial charge >= 0.3 is 5.97 Å². The molecule has 0 atom stereocenters. The van der Waals surface area contributed by atoms with Crippen LogP contribution in [0.5, 0.6) is 11.5 Å². The SMILES string of the molecule is COc1ccc(C(=O)O)cc1OCOCc1ccccc1. The number of hydrogen-bond acceptors (Lipinski definition) is 4. The van der Waals surface area contributed by atoms with Crippen molar-refractivity contribution in [3.8, 4) is 11.5 Å². The molecule has 0 aromatic heterocycles. The summed E-state index contributed by atoms with van der Waals surface area (Å²) in [5.74, 6) is -0.221. The molecule has 0 saturated carbocycles. The molecule has 0 aliphatic rings. The van der Waals surface area contributed by atoms with Crippen LogP contribution in [0.25, 0.3) is 0 Å². The predicted octanol–water partition coefficient (Wildman–Crippen LogP) is 2.95. The van der Waals surface area contributed by atoms with Crippen LogP contribution in [0, 0.1) is 0 Å². The van der Waals surface area contributed by atoms with E-state index in [4.69, 9.17) is 19.3 Å². The third-order valence-corrected chi connectivity index (χ3v) is 2.82. The first-order valence-electron chi connectivity index (χ1n) is 6.36. The number of aromatic carboxylic acids is 1. The van der Waals surface area contributed by atoms with Crippen molar-refractivity contribution in [3.63, 3.8) is 0 Å². The third kappa shape index (κ3) is 4.22. The maximum atomic E-state index is 10.9. The molecule has 5 heteroatoms. The second-order valence-electron chi connectivity index (χ2n) is 4.27. The number of rotatable bonds is 7. The molecular weight excluding hydrogens is 272 g/mol. The lowest BCUT2D eigenvalue weighted by Crippen LogP contribution is -2.05. The van der Waals surface area contributed by atoms with Crippen molar-refractivity contribution in [1.82, 2.24) is 0 Å². The zero-order valence-corrected chi connectivity index (χ0v) is 11.6. The molecule has 0 fully saturated rings. The smallest absolute Gasteiger partial charge is 0.335 e. The number of ether oxygens (including phenoxy) is 3. The highest BCUT2D eigenvalue weighted by atomic mass is 16.7. The van der Waals surface area contributed by atoms with Gasteiger partial charge in [-0.05, 0) is 23.8 Å². The van der Waals surface area contributed by atoms with Gasteiger partial charge in [0.05, 0.1) is 19.3 Å². The largest absolute Gasteiger partial charge is 0.493 e. The van der Waals surface area contributed by atoms with Crippen molar-refractivity contribution in [2.45, 2.75) is 6.61 Å². The molecular formula is C16H16O5. The van der Waals surface area contributed by atoms with E-state index in [2.05, 4.69) is 0 Å². The third-order valence-electron chi connectivity index (χ3n) is 2.82. The number of methoxy groups -OCH3 is 1. The molecule has 0 amide bonds. The lowest BCUT2D eigenvalue weighted by atomic mass is 10.2. The molecule has 2 aromatic rings. The maximum Gasteiger partial charge on any atom is 0.335 e.